The molecule has 1 heterocycles. The minimum absolute atomic E-state index is 0.135. The molecule has 0 spiro atoms. The average molecular weight is 223 g/mol. The molecule has 1 aliphatic rings. The van der Waals surface area contributed by atoms with Crippen molar-refractivity contribution in [2.24, 2.45) is 0 Å². The van der Waals surface area contributed by atoms with Crippen molar-refractivity contribution >= 4 is 0 Å². The lowest BCUT2D eigenvalue weighted by Crippen LogP contribution is -2.08. The molecule has 1 aromatic carbocycles. The molecule has 1 aliphatic heterocycles. The van der Waals surface area contributed by atoms with Gasteiger partial charge in [0.1, 0.15) is 11.6 Å². The Morgan fingerprint density at radius 3 is 2.88 bits per heavy atom. The Balaban J connectivity index is 2.36. The Kier molecular flexibility index (Phi) is 3.44. The first-order chi connectivity index (χ1) is 7.76. The molecule has 88 valence electrons. The van der Waals surface area contributed by atoms with Crippen LogP contribution < -0.4 is 10.1 Å². The van der Waals surface area contributed by atoms with Crippen molar-refractivity contribution in [1.82, 2.24) is 5.32 Å². The molecule has 1 unspecified atom stereocenters. The second kappa shape index (κ2) is 4.83. The zero-order valence-electron chi connectivity index (χ0n) is 9.85. The van der Waals surface area contributed by atoms with Crippen molar-refractivity contribution in [2.75, 3.05) is 20.2 Å². The summed E-state index contributed by atoms with van der Waals surface area (Å²) in [6.07, 6.45) is 1.74. The van der Waals surface area contributed by atoms with Crippen LogP contribution in [0.2, 0.25) is 0 Å². The Labute approximate surface area is 95.8 Å². The van der Waals surface area contributed by atoms with E-state index in [2.05, 4.69) is 5.32 Å². The summed E-state index contributed by atoms with van der Waals surface area (Å²) < 4.78 is 19.1. The van der Waals surface area contributed by atoms with E-state index in [1.807, 2.05) is 13.0 Å². The first kappa shape index (κ1) is 11.4. The van der Waals surface area contributed by atoms with Gasteiger partial charge in [-0.05, 0) is 43.0 Å². The maximum atomic E-state index is 13.9. The van der Waals surface area contributed by atoms with Crippen LogP contribution in [0, 0.1) is 5.82 Å². The molecule has 0 aromatic heterocycles. The molecule has 1 saturated heterocycles. The molecule has 3 heteroatoms. The Morgan fingerprint density at radius 1 is 1.50 bits per heavy atom. The molecule has 2 rings (SSSR count). The van der Waals surface area contributed by atoms with Crippen molar-refractivity contribution in [3.05, 3.63) is 29.1 Å². The van der Waals surface area contributed by atoms with E-state index in [1.54, 1.807) is 13.2 Å². The van der Waals surface area contributed by atoms with Crippen LogP contribution in [0.3, 0.4) is 0 Å². The van der Waals surface area contributed by atoms with Crippen molar-refractivity contribution in [3.63, 3.8) is 0 Å². The van der Waals surface area contributed by atoms with Crippen molar-refractivity contribution in [2.45, 2.75) is 25.7 Å². The van der Waals surface area contributed by atoms with E-state index >= 15 is 0 Å². The van der Waals surface area contributed by atoms with Gasteiger partial charge in [0.25, 0.3) is 0 Å². The maximum absolute atomic E-state index is 13.9. The highest BCUT2D eigenvalue weighted by Crippen LogP contribution is 2.30. The topological polar surface area (TPSA) is 21.3 Å². The summed E-state index contributed by atoms with van der Waals surface area (Å²) in [5.74, 6) is 0.974. The summed E-state index contributed by atoms with van der Waals surface area (Å²) >= 11 is 0. The summed E-state index contributed by atoms with van der Waals surface area (Å²) in [4.78, 5) is 0. The fourth-order valence-corrected chi connectivity index (χ4v) is 2.33. The smallest absolute Gasteiger partial charge is 0.130 e. The lowest BCUT2D eigenvalue weighted by molar-refractivity contribution is 0.404. The second-order valence-electron chi connectivity index (χ2n) is 4.23. The van der Waals surface area contributed by atoms with Crippen LogP contribution in [0.4, 0.5) is 4.39 Å². The number of halogens is 1. The summed E-state index contributed by atoms with van der Waals surface area (Å²) in [5, 5.41) is 3.29. The summed E-state index contributed by atoms with van der Waals surface area (Å²) in [5.41, 5.74) is 1.73. The maximum Gasteiger partial charge on any atom is 0.130 e. The number of nitrogens with one attached hydrogen (secondary N) is 1. The van der Waals surface area contributed by atoms with Crippen LogP contribution >= 0.6 is 0 Å². The molecule has 0 bridgehead atoms. The van der Waals surface area contributed by atoms with E-state index in [4.69, 9.17) is 4.74 Å². The SMILES string of the molecule is CCc1c(F)cc(C2CCNC2)cc1OC. The lowest BCUT2D eigenvalue weighted by Gasteiger charge is -2.14. The Bertz CT molecular complexity index is 372. The fraction of sp³-hybridized carbons (Fsp3) is 0.538. The van der Waals surface area contributed by atoms with Crippen molar-refractivity contribution < 1.29 is 9.13 Å². The van der Waals surface area contributed by atoms with Gasteiger partial charge in [-0.25, -0.2) is 4.39 Å². The van der Waals surface area contributed by atoms with E-state index < -0.39 is 0 Å². The number of benzene rings is 1. The number of methoxy groups -OCH3 is 1. The van der Waals surface area contributed by atoms with Crippen LogP contribution in [0.25, 0.3) is 0 Å². The van der Waals surface area contributed by atoms with E-state index in [0.717, 1.165) is 25.1 Å². The lowest BCUT2D eigenvalue weighted by atomic mass is 9.96. The molecular weight excluding hydrogens is 205 g/mol. The highest BCUT2D eigenvalue weighted by Gasteiger charge is 2.19. The number of hydrogen-bond acceptors (Lipinski definition) is 2. The molecule has 1 N–H and O–H groups in total. The van der Waals surface area contributed by atoms with Gasteiger partial charge in [0, 0.05) is 12.1 Å². The molecule has 1 aromatic rings. The molecule has 2 nitrogen and oxygen atoms in total. The molecular formula is C13H18FNO. The first-order valence-electron chi connectivity index (χ1n) is 5.83. The Hall–Kier alpha value is -1.09. The second-order valence-corrected chi connectivity index (χ2v) is 4.23. The highest BCUT2D eigenvalue weighted by molar-refractivity contribution is 5.40. The molecule has 0 amide bonds. The van der Waals surface area contributed by atoms with Gasteiger partial charge >= 0.3 is 0 Å². The predicted octanol–water partition coefficient (Wildman–Crippen LogP) is 2.47. The normalized spacial score (nSPS) is 20.1. The molecule has 1 fully saturated rings. The third-order valence-electron chi connectivity index (χ3n) is 3.28. The number of ether oxygens (including phenoxy) is 1. The van der Waals surface area contributed by atoms with Gasteiger partial charge in [0.2, 0.25) is 0 Å². The molecule has 1 atom stereocenters. The first-order valence-corrected chi connectivity index (χ1v) is 5.83. The third kappa shape index (κ3) is 2.05. The van der Waals surface area contributed by atoms with Crippen molar-refractivity contribution in [3.8, 4) is 5.75 Å². The molecule has 16 heavy (non-hydrogen) atoms. The minimum Gasteiger partial charge on any atom is -0.496 e. The molecule has 0 saturated carbocycles. The van der Waals surface area contributed by atoms with Crippen LogP contribution in [0.5, 0.6) is 5.75 Å². The summed E-state index contributed by atoms with van der Waals surface area (Å²) in [7, 11) is 1.60. The fourth-order valence-electron chi connectivity index (χ4n) is 2.33. The zero-order chi connectivity index (χ0) is 11.5. The van der Waals surface area contributed by atoms with Gasteiger partial charge in [-0.2, -0.15) is 0 Å². The standard InChI is InChI=1S/C13H18FNO/c1-3-11-12(14)6-10(7-13(11)16-2)9-4-5-15-8-9/h6-7,9,15H,3-5,8H2,1-2H3. The third-order valence-corrected chi connectivity index (χ3v) is 3.28. The van der Waals surface area contributed by atoms with Gasteiger partial charge in [0.15, 0.2) is 0 Å². The largest absolute Gasteiger partial charge is 0.496 e. The van der Waals surface area contributed by atoms with Gasteiger partial charge in [-0.15, -0.1) is 0 Å². The monoisotopic (exact) mass is 223 g/mol. The van der Waals surface area contributed by atoms with Crippen LogP contribution in [0.1, 0.15) is 30.4 Å². The van der Waals surface area contributed by atoms with Gasteiger partial charge in [-0.1, -0.05) is 6.92 Å². The van der Waals surface area contributed by atoms with Crippen LogP contribution in [-0.2, 0) is 6.42 Å². The van der Waals surface area contributed by atoms with Gasteiger partial charge < -0.3 is 10.1 Å². The van der Waals surface area contributed by atoms with E-state index in [-0.39, 0.29) is 5.82 Å². The number of hydrogen-bond donors (Lipinski definition) is 1. The minimum atomic E-state index is -0.135. The van der Waals surface area contributed by atoms with E-state index in [0.29, 0.717) is 23.7 Å². The Morgan fingerprint density at radius 2 is 2.31 bits per heavy atom. The predicted molar refractivity (Wildman–Crippen MR) is 62.6 cm³/mol. The molecule has 0 aliphatic carbocycles. The van der Waals surface area contributed by atoms with E-state index in [1.165, 1.54) is 0 Å². The summed E-state index contributed by atoms with van der Waals surface area (Å²) in [6.45, 7) is 3.90. The quantitative estimate of drug-likeness (QED) is 0.850. The van der Waals surface area contributed by atoms with Crippen LogP contribution in [0.15, 0.2) is 12.1 Å². The van der Waals surface area contributed by atoms with Gasteiger partial charge in [-0.3, -0.25) is 0 Å². The zero-order valence-corrected chi connectivity index (χ0v) is 9.85. The van der Waals surface area contributed by atoms with Crippen LogP contribution in [-0.4, -0.2) is 20.2 Å². The summed E-state index contributed by atoms with van der Waals surface area (Å²) in [6, 6.07) is 3.65. The highest BCUT2D eigenvalue weighted by atomic mass is 19.1. The average Bonchev–Trinajstić information content (AvgIpc) is 2.81. The molecule has 0 radical (unpaired) electrons. The number of rotatable bonds is 3. The van der Waals surface area contributed by atoms with Gasteiger partial charge in [0.05, 0.1) is 7.11 Å². The van der Waals surface area contributed by atoms with E-state index in [9.17, 15) is 4.39 Å². The van der Waals surface area contributed by atoms with Crippen molar-refractivity contribution in [1.29, 1.82) is 0 Å².